The van der Waals surface area contributed by atoms with Crippen LogP contribution in [0.15, 0.2) is 18.2 Å². The first-order chi connectivity index (χ1) is 12.1. The zero-order valence-corrected chi connectivity index (χ0v) is 15.7. The first-order valence-corrected chi connectivity index (χ1v) is 10.0. The number of piperazine rings is 1. The van der Waals surface area contributed by atoms with Crippen molar-refractivity contribution in [3.8, 4) is 0 Å². The molecular weight excluding hydrogens is 310 g/mol. The van der Waals surface area contributed by atoms with Gasteiger partial charge in [-0.2, -0.15) is 0 Å². The molecule has 0 bridgehead atoms. The van der Waals surface area contributed by atoms with Gasteiger partial charge in [0, 0.05) is 50.4 Å². The van der Waals surface area contributed by atoms with E-state index in [4.69, 9.17) is 0 Å². The quantitative estimate of drug-likeness (QED) is 0.828. The topological polar surface area (TPSA) is 26.8 Å². The summed E-state index contributed by atoms with van der Waals surface area (Å²) in [5.41, 5.74) is 3.66. The number of nitrogens with zero attached hydrogens (tertiary/aromatic N) is 3. The Balaban J connectivity index is 1.46. The predicted octanol–water partition coefficient (Wildman–Crippen LogP) is 2.76. The molecule has 0 aromatic heterocycles. The molecule has 136 valence electrons. The minimum Gasteiger partial charge on any atom is -0.336 e. The fourth-order valence-electron chi connectivity index (χ4n) is 4.67. The van der Waals surface area contributed by atoms with Crippen LogP contribution in [0.3, 0.4) is 0 Å². The van der Waals surface area contributed by atoms with Crippen LogP contribution in [0.2, 0.25) is 0 Å². The van der Waals surface area contributed by atoms with Crippen molar-refractivity contribution in [2.75, 3.05) is 32.7 Å². The van der Waals surface area contributed by atoms with Crippen molar-refractivity contribution in [1.29, 1.82) is 0 Å². The van der Waals surface area contributed by atoms with Crippen LogP contribution in [0.25, 0.3) is 0 Å². The van der Waals surface area contributed by atoms with Gasteiger partial charge in [0.1, 0.15) is 0 Å². The summed E-state index contributed by atoms with van der Waals surface area (Å²) in [6.45, 7) is 10.7. The van der Waals surface area contributed by atoms with Gasteiger partial charge in [0.2, 0.25) is 0 Å². The van der Waals surface area contributed by atoms with Gasteiger partial charge in [0.25, 0.3) is 5.91 Å². The summed E-state index contributed by atoms with van der Waals surface area (Å²) in [7, 11) is 0. The lowest BCUT2D eigenvalue weighted by Crippen LogP contribution is -2.56. The zero-order valence-electron chi connectivity index (χ0n) is 15.7. The van der Waals surface area contributed by atoms with Crippen molar-refractivity contribution in [1.82, 2.24) is 14.7 Å². The van der Waals surface area contributed by atoms with Gasteiger partial charge in [-0.05, 0) is 62.9 Å². The van der Waals surface area contributed by atoms with Gasteiger partial charge in [0.15, 0.2) is 0 Å². The first kappa shape index (κ1) is 17.0. The molecule has 2 saturated heterocycles. The van der Waals surface area contributed by atoms with Gasteiger partial charge in [-0.3, -0.25) is 14.6 Å². The average Bonchev–Trinajstić information content (AvgIpc) is 2.66. The van der Waals surface area contributed by atoms with Crippen LogP contribution >= 0.6 is 0 Å². The summed E-state index contributed by atoms with van der Waals surface area (Å²) in [5.74, 6) is 0.235. The molecule has 0 radical (unpaired) electrons. The second-order valence-corrected chi connectivity index (χ2v) is 8.23. The molecular formula is C21H31N3O. The lowest BCUT2D eigenvalue weighted by Gasteiger charge is -2.44. The van der Waals surface area contributed by atoms with E-state index in [1.807, 2.05) is 0 Å². The molecule has 1 atom stereocenters. The van der Waals surface area contributed by atoms with Crippen LogP contribution < -0.4 is 0 Å². The Labute approximate surface area is 151 Å². The van der Waals surface area contributed by atoms with Crippen molar-refractivity contribution in [2.45, 2.75) is 58.2 Å². The van der Waals surface area contributed by atoms with E-state index in [1.54, 1.807) is 0 Å². The smallest absolute Gasteiger partial charge is 0.253 e. The minimum atomic E-state index is 0.235. The molecule has 4 rings (SSSR count). The maximum atomic E-state index is 13.0. The second-order valence-electron chi connectivity index (χ2n) is 8.23. The number of rotatable bonds is 2. The third-order valence-electron chi connectivity index (χ3n) is 6.35. The molecule has 3 aliphatic heterocycles. The maximum Gasteiger partial charge on any atom is 0.253 e. The van der Waals surface area contributed by atoms with Gasteiger partial charge < -0.3 is 4.90 Å². The fraction of sp³-hybridized carbons (Fsp3) is 0.667. The average molecular weight is 341 g/mol. The molecule has 3 aliphatic rings. The van der Waals surface area contributed by atoms with E-state index in [0.29, 0.717) is 12.1 Å². The number of benzene rings is 1. The summed E-state index contributed by atoms with van der Waals surface area (Å²) in [6, 6.07) is 7.58. The molecule has 4 heteroatoms. The summed E-state index contributed by atoms with van der Waals surface area (Å²) in [5, 5.41) is 0. The van der Waals surface area contributed by atoms with Crippen LogP contribution in [0.5, 0.6) is 0 Å². The van der Waals surface area contributed by atoms with Crippen LogP contribution in [0, 0.1) is 0 Å². The van der Waals surface area contributed by atoms with Crippen LogP contribution in [-0.2, 0) is 13.0 Å². The molecule has 1 amide bonds. The van der Waals surface area contributed by atoms with Crippen LogP contribution in [-0.4, -0.2) is 65.4 Å². The lowest BCUT2D eigenvalue weighted by molar-refractivity contribution is 0.0372. The zero-order chi connectivity index (χ0) is 17.4. The third-order valence-corrected chi connectivity index (χ3v) is 6.35. The molecule has 1 aromatic rings. The van der Waals surface area contributed by atoms with Crippen molar-refractivity contribution < 1.29 is 4.79 Å². The van der Waals surface area contributed by atoms with E-state index >= 15 is 0 Å². The van der Waals surface area contributed by atoms with Gasteiger partial charge in [-0.15, -0.1) is 0 Å². The van der Waals surface area contributed by atoms with Gasteiger partial charge in [-0.1, -0.05) is 12.5 Å². The number of fused-ring (bicyclic) bond motifs is 2. The highest BCUT2D eigenvalue weighted by molar-refractivity contribution is 5.94. The van der Waals surface area contributed by atoms with E-state index in [1.165, 1.54) is 36.9 Å². The van der Waals surface area contributed by atoms with Gasteiger partial charge in [-0.25, -0.2) is 0 Å². The molecule has 1 unspecified atom stereocenters. The normalized spacial score (nSPS) is 24.9. The molecule has 0 spiro atoms. The Bertz CT molecular complexity index is 642. The van der Waals surface area contributed by atoms with Gasteiger partial charge >= 0.3 is 0 Å². The number of carbonyl (C=O) groups excluding carboxylic acids is 1. The highest BCUT2D eigenvalue weighted by atomic mass is 16.2. The number of piperidine rings is 1. The Kier molecular flexibility index (Phi) is 4.83. The van der Waals surface area contributed by atoms with Crippen molar-refractivity contribution in [3.63, 3.8) is 0 Å². The number of amides is 1. The molecule has 1 aromatic carbocycles. The van der Waals surface area contributed by atoms with Crippen molar-refractivity contribution in [3.05, 3.63) is 34.9 Å². The van der Waals surface area contributed by atoms with Crippen molar-refractivity contribution in [2.24, 2.45) is 0 Å². The van der Waals surface area contributed by atoms with Crippen molar-refractivity contribution >= 4 is 5.91 Å². The van der Waals surface area contributed by atoms with E-state index in [9.17, 15) is 4.79 Å². The molecule has 2 fully saturated rings. The number of hydrogen-bond acceptors (Lipinski definition) is 3. The summed E-state index contributed by atoms with van der Waals surface area (Å²) in [4.78, 5) is 20.2. The standard InChI is InChI=1S/C21H31N3O/c1-16(2)23-10-8-17-13-18(6-7-19(17)14-23)21(25)24-12-11-22-9-4-3-5-20(22)15-24/h6-7,13,16,20H,3-5,8-12,14-15H2,1-2H3. The minimum absolute atomic E-state index is 0.235. The van der Waals surface area contributed by atoms with Crippen LogP contribution in [0.1, 0.15) is 54.6 Å². The first-order valence-electron chi connectivity index (χ1n) is 10.0. The Morgan fingerprint density at radius 3 is 2.80 bits per heavy atom. The monoisotopic (exact) mass is 341 g/mol. The number of hydrogen-bond donors (Lipinski definition) is 0. The molecule has 0 saturated carbocycles. The van der Waals surface area contributed by atoms with E-state index in [-0.39, 0.29) is 5.91 Å². The fourth-order valence-corrected chi connectivity index (χ4v) is 4.67. The Morgan fingerprint density at radius 2 is 1.96 bits per heavy atom. The SMILES string of the molecule is CC(C)N1CCc2cc(C(=O)N3CCN4CCCCC4C3)ccc2C1. The summed E-state index contributed by atoms with van der Waals surface area (Å²) < 4.78 is 0. The highest BCUT2D eigenvalue weighted by Gasteiger charge is 2.31. The maximum absolute atomic E-state index is 13.0. The van der Waals surface area contributed by atoms with Gasteiger partial charge in [0.05, 0.1) is 0 Å². The Morgan fingerprint density at radius 1 is 1.08 bits per heavy atom. The molecule has 25 heavy (non-hydrogen) atoms. The molecule has 0 aliphatic carbocycles. The second kappa shape index (κ2) is 7.08. The largest absolute Gasteiger partial charge is 0.336 e. The van der Waals surface area contributed by atoms with E-state index < -0.39 is 0 Å². The number of carbonyl (C=O) groups is 1. The summed E-state index contributed by atoms with van der Waals surface area (Å²) >= 11 is 0. The Hall–Kier alpha value is -1.39. The lowest BCUT2D eigenvalue weighted by atomic mass is 9.95. The summed E-state index contributed by atoms with van der Waals surface area (Å²) in [6.07, 6.45) is 4.95. The molecule has 4 nitrogen and oxygen atoms in total. The molecule has 3 heterocycles. The van der Waals surface area contributed by atoms with Crippen LogP contribution in [0.4, 0.5) is 0 Å². The van der Waals surface area contributed by atoms with E-state index in [0.717, 1.165) is 44.7 Å². The van der Waals surface area contributed by atoms with E-state index in [2.05, 4.69) is 46.7 Å². The third kappa shape index (κ3) is 3.47. The predicted molar refractivity (Wildman–Crippen MR) is 101 cm³/mol. The molecule has 0 N–H and O–H groups in total. The highest BCUT2D eigenvalue weighted by Crippen LogP contribution is 2.25.